The molecule has 0 amide bonds. The van der Waals surface area contributed by atoms with Crippen LogP contribution in [0.3, 0.4) is 0 Å². The molecule has 8 heteroatoms. The molecule has 0 radical (unpaired) electrons. The first-order chi connectivity index (χ1) is 13.1. The number of benzene rings is 2. The Balaban J connectivity index is 1.84. The van der Waals surface area contributed by atoms with Crippen LogP contribution >= 0.6 is 11.6 Å². The van der Waals surface area contributed by atoms with Crippen LogP contribution in [0.1, 0.15) is 0 Å². The van der Waals surface area contributed by atoms with Gasteiger partial charge < -0.3 is 14.1 Å². The third-order valence-corrected chi connectivity index (χ3v) is 6.20. The maximum absolute atomic E-state index is 13.2. The summed E-state index contributed by atoms with van der Waals surface area (Å²) in [5, 5.41) is 0.497. The van der Waals surface area contributed by atoms with Crippen LogP contribution in [0.4, 0.5) is 5.88 Å². The Labute approximate surface area is 162 Å². The predicted octanol–water partition coefficient (Wildman–Crippen LogP) is 3.66. The van der Waals surface area contributed by atoms with E-state index >= 15 is 0 Å². The number of morpholine rings is 1. The van der Waals surface area contributed by atoms with Crippen molar-refractivity contribution in [3.05, 3.63) is 59.6 Å². The summed E-state index contributed by atoms with van der Waals surface area (Å²) in [6.07, 6.45) is 0. The van der Waals surface area contributed by atoms with Gasteiger partial charge >= 0.3 is 0 Å². The Kier molecular flexibility index (Phi) is 4.90. The van der Waals surface area contributed by atoms with E-state index in [9.17, 15) is 8.42 Å². The van der Waals surface area contributed by atoms with Gasteiger partial charge in [0.25, 0.3) is 0 Å². The smallest absolute Gasteiger partial charge is 0.236 e. The monoisotopic (exact) mass is 404 g/mol. The van der Waals surface area contributed by atoms with Crippen molar-refractivity contribution in [3.8, 4) is 11.5 Å². The minimum atomic E-state index is -3.83. The van der Waals surface area contributed by atoms with Crippen molar-refractivity contribution in [3.63, 3.8) is 0 Å². The second-order valence-electron chi connectivity index (χ2n) is 6.05. The van der Waals surface area contributed by atoms with Crippen molar-refractivity contribution in [2.45, 2.75) is 9.92 Å². The minimum absolute atomic E-state index is 0.0828. The maximum atomic E-state index is 13.2. The van der Waals surface area contributed by atoms with E-state index in [4.69, 9.17) is 20.8 Å². The van der Waals surface area contributed by atoms with Crippen molar-refractivity contribution < 1.29 is 17.6 Å². The highest BCUT2D eigenvalue weighted by Crippen LogP contribution is 2.35. The molecule has 0 unspecified atom stereocenters. The number of oxazole rings is 1. The lowest BCUT2D eigenvalue weighted by atomic mass is 10.2. The number of halogens is 1. The molecule has 1 saturated heterocycles. The van der Waals surface area contributed by atoms with Gasteiger partial charge in [-0.25, -0.2) is 8.42 Å². The number of ether oxygens (including phenoxy) is 1. The Morgan fingerprint density at radius 3 is 2.30 bits per heavy atom. The summed E-state index contributed by atoms with van der Waals surface area (Å²) in [5.74, 6) is 0.481. The third-order valence-electron chi connectivity index (χ3n) is 4.28. The number of hydrogen-bond acceptors (Lipinski definition) is 6. The van der Waals surface area contributed by atoms with Crippen molar-refractivity contribution in [2.24, 2.45) is 0 Å². The predicted molar refractivity (Wildman–Crippen MR) is 102 cm³/mol. The van der Waals surface area contributed by atoms with Gasteiger partial charge in [0, 0.05) is 23.7 Å². The molecule has 0 N–H and O–H groups in total. The average molecular weight is 405 g/mol. The number of hydrogen-bond donors (Lipinski definition) is 0. The van der Waals surface area contributed by atoms with Gasteiger partial charge in [0.05, 0.1) is 18.1 Å². The molecular formula is C19H17ClN2O4S. The van der Waals surface area contributed by atoms with Crippen molar-refractivity contribution in [2.75, 3.05) is 31.2 Å². The molecule has 0 spiro atoms. The van der Waals surface area contributed by atoms with Crippen LogP contribution in [0.25, 0.3) is 11.5 Å². The summed E-state index contributed by atoms with van der Waals surface area (Å²) < 4.78 is 37.7. The van der Waals surface area contributed by atoms with Crippen LogP contribution in [-0.4, -0.2) is 39.7 Å². The van der Waals surface area contributed by atoms with Gasteiger partial charge in [0.2, 0.25) is 26.6 Å². The molecular weight excluding hydrogens is 388 g/mol. The molecule has 0 aliphatic carbocycles. The van der Waals surface area contributed by atoms with Crippen molar-refractivity contribution in [1.29, 1.82) is 0 Å². The molecule has 140 valence electrons. The van der Waals surface area contributed by atoms with Crippen molar-refractivity contribution >= 4 is 27.3 Å². The molecule has 27 heavy (non-hydrogen) atoms. The van der Waals surface area contributed by atoms with E-state index < -0.39 is 9.84 Å². The van der Waals surface area contributed by atoms with E-state index in [1.54, 1.807) is 54.6 Å². The highest BCUT2D eigenvalue weighted by atomic mass is 35.5. The van der Waals surface area contributed by atoms with Gasteiger partial charge in [-0.1, -0.05) is 29.8 Å². The Hall–Kier alpha value is -2.35. The summed E-state index contributed by atoms with van der Waals surface area (Å²) in [7, 11) is -3.83. The van der Waals surface area contributed by atoms with Gasteiger partial charge in [0.1, 0.15) is 0 Å². The van der Waals surface area contributed by atoms with Gasteiger partial charge in [0.15, 0.2) is 0 Å². The molecule has 3 aromatic rings. The Morgan fingerprint density at radius 1 is 0.963 bits per heavy atom. The van der Waals surface area contributed by atoms with E-state index in [-0.39, 0.29) is 21.7 Å². The number of anilines is 1. The Morgan fingerprint density at radius 2 is 1.63 bits per heavy atom. The van der Waals surface area contributed by atoms with Crippen molar-refractivity contribution in [1.82, 2.24) is 4.98 Å². The summed E-state index contributed by atoms with van der Waals surface area (Å²) in [6, 6.07) is 15.1. The first-order valence-corrected chi connectivity index (χ1v) is 10.3. The molecule has 1 fully saturated rings. The van der Waals surface area contributed by atoms with Gasteiger partial charge in [-0.15, -0.1) is 0 Å². The molecule has 1 aromatic heterocycles. The normalized spacial score (nSPS) is 15.1. The number of sulfone groups is 1. The fraction of sp³-hybridized carbons (Fsp3) is 0.211. The Bertz CT molecular complexity index is 1030. The number of nitrogens with zero attached hydrogens (tertiary/aromatic N) is 2. The highest BCUT2D eigenvalue weighted by Gasteiger charge is 2.32. The zero-order valence-electron chi connectivity index (χ0n) is 14.3. The molecule has 2 heterocycles. The van der Waals surface area contributed by atoms with Gasteiger partial charge in [-0.2, -0.15) is 4.98 Å². The summed E-state index contributed by atoms with van der Waals surface area (Å²) in [6.45, 7) is 2.07. The first kappa shape index (κ1) is 18.0. The summed E-state index contributed by atoms with van der Waals surface area (Å²) >= 11 is 5.94. The molecule has 1 aliphatic heterocycles. The van der Waals surface area contributed by atoms with E-state index in [1.807, 2.05) is 4.90 Å². The summed E-state index contributed by atoms with van der Waals surface area (Å²) in [4.78, 5) is 6.38. The molecule has 1 aliphatic rings. The molecule has 0 saturated carbocycles. The topological polar surface area (TPSA) is 72.6 Å². The lowest BCUT2D eigenvalue weighted by Crippen LogP contribution is -2.36. The van der Waals surface area contributed by atoms with Crippen LogP contribution in [0.5, 0.6) is 0 Å². The largest absolute Gasteiger partial charge is 0.419 e. The standard InChI is InChI=1S/C19H17ClN2O4S/c20-15-8-6-14(7-9-15)17-21-18(19(26-17)22-10-12-25-13-11-22)27(23,24)16-4-2-1-3-5-16/h1-9H,10-13H2. The minimum Gasteiger partial charge on any atom is -0.419 e. The fourth-order valence-corrected chi connectivity index (χ4v) is 4.34. The van der Waals surface area contributed by atoms with Crippen LogP contribution in [0, 0.1) is 0 Å². The van der Waals surface area contributed by atoms with E-state index in [0.29, 0.717) is 36.9 Å². The van der Waals surface area contributed by atoms with Crippen LogP contribution < -0.4 is 4.90 Å². The van der Waals surface area contributed by atoms with Crippen LogP contribution in [0.2, 0.25) is 5.02 Å². The van der Waals surface area contributed by atoms with E-state index in [0.717, 1.165) is 0 Å². The van der Waals surface area contributed by atoms with E-state index in [1.165, 1.54) is 0 Å². The van der Waals surface area contributed by atoms with Crippen LogP contribution in [0.15, 0.2) is 68.9 Å². The zero-order chi connectivity index (χ0) is 18.9. The van der Waals surface area contributed by atoms with Gasteiger partial charge in [-0.05, 0) is 36.4 Å². The van der Waals surface area contributed by atoms with Gasteiger partial charge in [-0.3, -0.25) is 0 Å². The first-order valence-electron chi connectivity index (χ1n) is 8.45. The average Bonchev–Trinajstić information content (AvgIpc) is 3.16. The molecule has 4 rings (SSSR count). The molecule has 0 bridgehead atoms. The van der Waals surface area contributed by atoms with Crippen LogP contribution in [-0.2, 0) is 14.6 Å². The highest BCUT2D eigenvalue weighted by molar-refractivity contribution is 7.91. The lowest BCUT2D eigenvalue weighted by molar-refractivity contribution is 0.120. The second-order valence-corrected chi connectivity index (χ2v) is 8.35. The fourth-order valence-electron chi connectivity index (χ4n) is 2.87. The summed E-state index contributed by atoms with van der Waals surface area (Å²) in [5.41, 5.74) is 0.656. The number of rotatable bonds is 4. The van der Waals surface area contributed by atoms with E-state index in [2.05, 4.69) is 4.98 Å². The lowest BCUT2D eigenvalue weighted by Gasteiger charge is -2.26. The molecule has 6 nitrogen and oxygen atoms in total. The maximum Gasteiger partial charge on any atom is 0.236 e. The molecule has 2 aromatic carbocycles. The molecule has 0 atom stereocenters. The zero-order valence-corrected chi connectivity index (χ0v) is 15.9. The number of aromatic nitrogens is 1. The third kappa shape index (κ3) is 3.58. The second kappa shape index (κ2) is 7.34. The quantitative estimate of drug-likeness (QED) is 0.660. The SMILES string of the molecule is O=S(=O)(c1ccccc1)c1nc(-c2ccc(Cl)cc2)oc1N1CCOCC1.